The van der Waals surface area contributed by atoms with Crippen molar-refractivity contribution in [1.82, 2.24) is 4.98 Å². The van der Waals surface area contributed by atoms with Crippen molar-refractivity contribution in [2.45, 2.75) is 13.0 Å². The topological polar surface area (TPSA) is 74.5 Å². The Labute approximate surface area is 122 Å². The van der Waals surface area contributed by atoms with Gasteiger partial charge in [0.25, 0.3) is 0 Å². The first-order valence-electron chi connectivity index (χ1n) is 5.92. The summed E-state index contributed by atoms with van der Waals surface area (Å²) < 4.78 is 45.0. The minimum Gasteiger partial charge on any atom is -0.481 e. The highest BCUT2D eigenvalue weighted by atomic mass is 19.4. The van der Waals surface area contributed by atoms with Gasteiger partial charge in [0, 0.05) is 0 Å². The SMILES string of the molecule is O=[N+]([O-])c1ncccc1OCc1ccc(OC(F)(F)F)cc1. The van der Waals surface area contributed by atoms with Crippen molar-refractivity contribution in [2.75, 3.05) is 0 Å². The molecule has 2 rings (SSSR count). The third-order valence-electron chi connectivity index (χ3n) is 2.48. The number of hydrogen-bond donors (Lipinski definition) is 0. The maximum Gasteiger partial charge on any atom is 0.573 e. The number of nitro groups is 1. The minimum absolute atomic E-state index is 0.0249. The Bertz CT molecular complexity index is 659. The molecule has 0 radical (unpaired) electrons. The van der Waals surface area contributed by atoms with Gasteiger partial charge >= 0.3 is 12.2 Å². The number of benzene rings is 1. The van der Waals surface area contributed by atoms with Crippen LogP contribution in [0.3, 0.4) is 0 Å². The summed E-state index contributed by atoms with van der Waals surface area (Å²) in [7, 11) is 0. The Morgan fingerprint density at radius 3 is 2.45 bits per heavy atom. The zero-order valence-electron chi connectivity index (χ0n) is 10.9. The third kappa shape index (κ3) is 4.33. The molecule has 116 valence electrons. The van der Waals surface area contributed by atoms with E-state index in [9.17, 15) is 23.3 Å². The van der Waals surface area contributed by atoms with Gasteiger partial charge in [0.2, 0.25) is 5.75 Å². The molecule has 0 aliphatic heterocycles. The van der Waals surface area contributed by atoms with Gasteiger partial charge in [-0.05, 0) is 39.7 Å². The first kappa shape index (κ1) is 15.5. The molecule has 0 spiro atoms. The lowest BCUT2D eigenvalue weighted by Crippen LogP contribution is -2.17. The fourth-order valence-corrected chi connectivity index (χ4v) is 1.58. The second-order valence-corrected chi connectivity index (χ2v) is 4.06. The van der Waals surface area contributed by atoms with Crippen LogP contribution in [0.4, 0.5) is 19.0 Å². The van der Waals surface area contributed by atoms with E-state index in [2.05, 4.69) is 9.72 Å². The smallest absolute Gasteiger partial charge is 0.481 e. The van der Waals surface area contributed by atoms with Gasteiger partial charge in [-0.3, -0.25) is 0 Å². The van der Waals surface area contributed by atoms with E-state index in [4.69, 9.17) is 4.74 Å². The molecule has 1 aromatic heterocycles. The zero-order chi connectivity index (χ0) is 16.2. The molecule has 0 saturated heterocycles. The van der Waals surface area contributed by atoms with Gasteiger partial charge in [0.05, 0.1) is 0 Å². The van der Waals surface area contributed by atoms with Crippen LogP contribution in [0.2, 0.25) is 0 Å². The molecule has 0 N–H and O–H groups in total. The van der Waals surface area contributed by atoms with E-state index < -0.39 is 17.1 Å². The number of hydrogen-bond acceptors (Lipinski definition) is 5. The van der Waals surface area contributed by atoms with E-state index in [1.54, 1.807) is 0 Å². The quantitative estimate of drug-likeness (QED) is 0.624. The molecular weight excluding hydrogens is 305 g/mol. The summed E-state index contributed by atoms with van der Waals surface area (Å²) in [4.78, 5) is 13.6. The lowest BCUT2D eigenvalue weighted by molar-refractivity contribution is -0.390. The zero-order valence-corrected chi connectivity index (χ0v) is 10.9. The molecule has 0 saturated carbocycles. The Balaban J connectivity index is 2.02. The number of alkyl halides is 3. The second kappa shape index (κ2) is 6.29. The van der Waals surface area contributed by atoms with E-state index in [1.165, 1.54) is 30.5 Å². The van der Waals surface area contributed by atoms with Crippen molar-refractivity contribution >= 4 is 5.82 Å². The van der Waals surface area contributed by atoms with E-state index in [-0.39, 0.29) is 18.1 Å². The van der Waals surface area contributed by atoms with Crippen LogP contribution in [0.25, 0.3) is 0 Å². The van der Waals surface area contributed by atoms with Gasteiger partial charge in [0.15, 0.2) is 0 Å². The molecule has 0 aliphatic carbocycles. The molecule has 0 unspecified atom stereocenters. The molecule has 1 aromatic carbocycles. The van der Waals surface area contributed by atoms with E-state index in [0.29, 0.717) is 5.56 Å². The number of aromatic nitrogens is 1. The van der Waals surface area contributed by atoms with Crippen LogP contribution in [0.1, 0.15) is 5.56 Å². The lowest BCUT2D eigenvalue weighted by Gasteiger charge is -2.10. The maximum absolute atomic E-state index is 12.0. The molecule has 0 aliphatic rings. The summed E-state index contributed by atoms with van der Waals surface area (Å²) in [5, 5.41) is 10.8. The fraction of sp³-hybridized carbons (Fsp3) is 0.154. The van der Waals surface area contributed by atoms with Crippen LogP contribution >= 0.6 is 0 Å². The highest BCUT2D eigenvalue weighted by Gasteiger charge is 2.30. The van der Waals surface area contributed by atoms with Crippen molar-refractivity contribution in [3.8, 4) is 11.5 Å². The van der Waals surface area contributed by atoms with E-state index in [0.717, 1.165) is 12.1 Å². The Kier molecular flexibility index (Phi) is 4.44. The van der Waals surface area contributed by atoms with Crippen molar-refractivity contribution in [3.63, 3.8) is 0 Å². The Morgan fingerprint density at radius 2 is 1.86 bits per heavy atom. The standard InChI is InChI=1S/C13H9F3N2O4/c14-13(15,16)22-10-5-3-9(4-6-10)8-21-11-2-1-7-17-12(11)18(19)20/h1-7H,8H2. The summed E-state index contributed by atoms with van der Waals surface area (Å²) in [6.07, 6.45) is -3.50. The summed E-state index contributed by atoms with van der Waals surface area (Å²) in [6, 6.07) is 7.84. The molecule has 22 heavy (non-hydrogen) atoms. The summed E-state index contributed by atoms with van der Waals surface area (Å²) in [6.45, 7) is -0.0567. The number of rotatable bonds is 5. The normalized spacial score (nSPS) is 11.0. The van der Waals surface area contributed by atoms with Crippen molar-refractivity contribution in [2.24, 2.45) is 0 Å². The molecule has 2 aromatic rings. The Morgan fingerprint density at radius 1 is 1.18 bits per heavy atom. The summed E-state index contributed by atoms with van der Waals surface area (Å²) >= 11 is 0. The molecule has 0 fully saturated rings. The van der Waals surface area contributed by atoms with Crippen LogP contribution in [-0.2, 0) is 6.61 Å². The van der Waals surface area contributed by atoms with Gasteiger partial charge in [-0.25, -0.2) is 0 Å². The van der Waals surface area contributed by atoms with E-state index >= 15 is 0 Å². The van der Waals surface area contributed by atoms with Crippen LogP contribution in [0.15, 0.2) is 42.6 Å². The van der Waals surface area contributed by atoms with Gasteiger partial charge in [-0.2, -0.15) is 0 Å². The highest BCUT2D eigenvalue weighted by Crippen LogP contribution is 2.25. The first-order chi connectivity index (χ1) is 10.3. The lowest BCUT2D eigenvalue weighted by atomic mass is 10.2. The van der Waals surface area contributed by atoms with Crippen molar-refractivity contribution in [3.05, 3.63) is 58.3 Å². The van der Waals surface area contributed by atoms with Gasteiger partial charge in [-0.15, -0.1) is 13.2 Å². The molecule has 0 bridgehead atoms. The second-order valence-electron chi connectivity index (χ2n) is 4.06. The number of halogens is 3. The molecule has 6 nitrogen and oxygen atoms in total. The van der Waals surface area contributed by atoms with Crippen LogP contribution in [0, 0.1) is 10.1 Å². The molecule has 0 amide bonds. The van der Waals surface area contributed by atoms with Gasteiger partial charge < -0.3 is 19.6 Å². The van der Waals surface area contributed by atoms with Crippen molar-refractivity contribution in [1.29, 1.82) is 0 Å². The predicted molar refractivity (Wildman–Crippen MR) is 68.3 cm³/mol. The number of ether oxygens (including phenoxy) is 2. The highest BCUT2D eigenvalue weighted by molar-refractivity contribution is 5.38. The predicted octanol–water partition coefficient (Wildman–Crippen LogP) is 3.47. The van der Waals surface area contributed by atoms with Crippen LogP contribution in [-0.4, -0.2) is 16.3 Å². The average molecular weight is 314 g/mol. The van der Waals surface area contributed by atoms with Crippen LogP contribution in [0.5, 0.6) is 11.5 Å². The molecular formula is C13H9F3N2O4. The number of nitrogens with zero attached hydrogens (tertiary/aromatic N) is 2. The summed E-state index contributed by atoms with van der Waals surface area (Å²) in [5.41, 5.74) is 0.521. The van der Waals surface area contributed by atoms with Crippen LogP contribution < -0.4 is 9.47 Å². The molecule has 9 heteroatoms. The third-order valence-corrected chi connectivity index (χ3v) is 2.48. The maximum atomic E-state index is 12.0. The van der Waals surface area contributed by atoms with Gasteiger partial charge in [0.1, 0.15) is 18.6 Å². The van der Waals surface area contributed by atoms with Gasteiger partial charge in [-0.1, -0.05) is 12.1 Å². The Hall–Kier alpha value is -2.84. The molecule has 0 atom stereocenters. The monoisotopic (exact) mass is 314 g/mol. The minimum atomic E-state index is -4.76. The van der Waals surface area contributed by atoms with Crippen molar-refractivity contribution < 1.29 is 27.6 Å². The van der Waals surface area contributed by atoms with E-state index in [1.807, 2.05) is 0 Å². The molecule has 1 heterocycles. The summed E-state index contributed by atoms with van der Waals surface area (Å²) in [5.74, 6) is -0.814. The number of pyridine rings is 1. The average Bonchev–Trinajstić information content (AvgIpc) is 2.45. The fourth-order valence-electron chi connectivity index (χ4n) is 1.58. The first-order valence-corrected chi connectivity index (χ1v) is 5.92. The largest absolute Gasteiger partial charge is 0.573 e.